The Morgan fingerprint density at radius 3 is 2.33 bits per heavy atom. The second-order valence-corrected chi connectivity index (χ2v) is 5.19. The van der Waals surface area contributed by atoms with E-state index in [0.29, 0.717) is 6.42 Å². The number of hydrogen-bond acceptors (Lipinski definition) is 3. The molecule has 0 aliphatic carbocycles. The van der Waals surface area contributed by atoms with Crippen LogP contribution in [-0.2, 0) is 9.59 Å². The maximum atomic E-state index is 11.6. The third-order valence-corrected chi connectivity index (χ3v) is 3.26. The molecule has 0 heterocycles. The van der Waals surface area contributed by atoms with E-state index in [9.17, 15) is 9.59 Å². The van der Waals surface area contributed by atoms with Crippen molar-refractivity contribution >= 4 is 23.5 Å². The number of thioether (sulfide) groups is 1. The fraction of sp³-hybridized carbons (Fsp3) is 0.818. The third kappa shape index (κ3) is 7.42. The Balaban J connectivity index is 3.90. The van der Waals surface area contributed by atoms with Crippen molar-refractivity contribution in [1.29, 1.82) is 0 Å². The second kappa shape index (κ2) is 7.74. The van der Waals surface area contributed by atoms with Crippen molar-refractivity contribution in [1.82, 2.24) is 5.32 Å². The Morgan fingerprint density at radius 1 is 1.33 bits per heavy atom. The maximum absolute atomic E-state index is 11.6. The fourth-order valence-corrected chi connectivity index (χ4v) is 2.25. The molecule has 0 aliphatic rings. The minimum atomic E-state index is -0.0215. The van der Waals surface area contributed by atoms with Gasteiger partial charge in [0, 0.05) is 18.2 Å². The standard InChI is InChI=1S/C11H21NO2S/c1-5-10(11(14)12-8(2)3)15-7-6-9(4)13/h8,10H,5-7H2,1-4H3,(H,12,14). The van der Waals surface area contributed by atoms with Gasteiger partial charge in [0.05, 0.1) is 5.25 Å². The van der Waals surface area contributed by atoms with Crippen LogP contribution >= 0.6 is 11.8 Å². The van der Waals surface area contributed by atoms with E-state index in [1.54, 1.807) is 18.7 Å². The number of amides is 1. The summed E-state index contributed by atoms with van der Waals surface area (Å²) in [5.41, 5.74) is 0. The molecule has 3 nitrogen and oxygen atoms in total. The van der Waals surface area contributed by atoms with Crippen LogP contribution in [0.15, 0.2) is 0 Å². The molecular formula is C11H21NO2S. The highest BCUT2D eigenvalue weighted by Gasteiger charge is 2.17. The lowest BCUT2D eigenvalue weighted by Gasteiger charge is -2.16. The van der Waals surface area contributed by atoms with Crippen LogP contribution in [0.25, 0.3) is 0 Å². The van der Waals surface area contributed by atoms with Crippen LogP contribution in [0.1, 0.15) is 40.5 Å². The molecule has 0 aliphatic heterocycles. The van der Waals surface area contributed by atoms with E-state index in [-0.39, 0.29) is 23.0 Å². The number of rotatable bonds is 7. The van der Waals surface area contributed by atoms with Gasteiger partial charge in [-0.1, -0.05) is 6.92 Å². The number of hydrogen-bond donors (Lipinski definition) is 1. The molecular weight excluding hydrogens is 210 g/mol. The Bertz CT molecular complexity index is 217. The molecule has 88 valence electrons. The van der Waals surface area contributed by atoms with Crippen molar-refractivity contribution in [2.24, 2.45) is 0 Å². The van der Waals surface area contributed by atoms with E-state index in [0.717, 1.165) is 12.2 Å². The van der Waals surface area contributed by atoms with Gasteiger partial charge < -0.3 is 5.32 Å². The summed E-state index contributed by atoms with van der Waals surface area (Å²) in [6.07, 6.45) is 1.36. The number of ketones is 1. The molecule has 0 aromatic rings. The van der Waals surface area contributed by atoms with Gasteiger partial charge in [-0.05, 0) is 27.2 Å². The van der Waals surface area contributed by atoms with Crippen LogP contribution in [0.4, 0.5) is 0 Å². The summed E-state index contributed by atoms with van der Waals surface area (Å²) in [6.45, 7) is 7.47. The molecule has 1 N–H and O–H groups in total. The predicted molar refractivity (Wildman–Crippen MR) is 65.1 cm³/mol. The first-order valence-electron chi connectivity index (χ1n) is 5.38. The molecule has 0 saturated carbocycles. The van der Waals surface area contributed by atoms with Gasteiger partial charge in [-0.25, -0.2) is 0 Å². The van der Waals surface area contributed by atoms with Crippen LogP contribution < -0.4 is 5.32 Å². The van der Waals surface area contributed by atoms with Gasteiger partial charge in [0.15, 0.2) is 0 Å². The van der Waals surface area contributed by atoms with Gasteiger partial charge in [0.2, 0.25) is 5.91 Å². The Morgan fingerprint density at radius 2 is 1.93 bits per heavy atom. The molecule has 1 amide bonds. The van der Waals surface area contributed by atoms with Gasteiger partial charge in [-0.3, -0.25) is 9.59 Å². The monoisotopic (exact) mass is 231 g/mol. The second-order valence-electron chi connectivity index (χ2n) is 3.88. The van der Waals surface area contributed by atoms with Crippen LogP contribution in [0.2, 0.25) is 0 Å². The van der Waals surface area contributed by atoms with Crippen molar-refractivity contribution in [3.05, 3.63) is 0 Å². The predicted octanol–water partition coefficient (Wildman–Crippen LogP) is 2.00. The summed E-state index contributed by atoms with van der Waals surface area (Å²) in [6, 6.07) is 0.181. The highest BCUT2D eigenvalue weighted by molar-refractivity contribution is 8.00. The Hall–Kier alpha value is -0.510. The van der Waals surface area contributed by atoms with Crippen LogP contribution in [-0.4, -0.2) is 28.7 Å². The lowest BCUT2D eigenvalue weighted by atomic mass is 10.3. The summed E-state index contributed by atoms with van der Waals surface area (Å²) < 4.78 is 0. The van der Waals surface area contributed by atoms with E-state index in [4.69, 9.17) is 0 Å². The van der Waals surface area contributed by atoms with Crippen LogP contribution in [0, 0.1) is 0 Å². The van der Waals surface area contributed by atoms with E-state index >= 15 is 0 Å². The topological polar surface area (TPSA) is 46.2 Å². The third-order valence-electron chi connectivity index (χ3n) is 1.87. The molecule has 15 heavy (non-hydrogen) atoms. The molecule has 1 unspecified atom stereocenters. The molecule has 0 saturated heterocycles. The fourth-order valence-electron chi connectivity index (χ4n) is 1.10. The number of Topliss-reactive ketones (excluding diaryl/α,β-unsaturated/α-hetero) is 1. The zero-order chi connectivity index (χ0) is 11.8. The van der Waals surface area contributed by atoms with E-state index in [1.165, 1.54) is 0 Å². The first kappa shape index (κ1) is 14.5. The summed E-state index contributed by atoms with van der Waals surface area (Å²) >= 11 is 1.57. The molecule has 1 atom stereocenters. The van der Waals surface area contributed by atoms with Gasteiger partial charge in [-0.2, -0.15) is 0 Å². The SMILES string of the molecule is CCC(SCCC(C)=O)C(=O)NC(C)C. The first-order valence-corrected chi connectivity index (χ1v) is 6.43. The summed E-state index contributed by atoms with van der Waals surface area (Å²) in [4.78, 5) is 22.4. The van der Waals surface area contributed by atoms with Crippen molar-refractivity contribution in [3.63, 3.8) is 0 Å². The molecule has 0 fully saturated rings. The van der Waals surface area contributed by atoms with E-state index in [1.807, 2.05) is 20.8 Å². The number of nitrogens with one attached hydrogen (secondary N) is 1. The van der Waals surface area contributed by atoms with E-state index < -0.39 is 0 Å². The van der Waals surface area contributed by atoms with Crippen molar-refractivity contribution < 1.29 is 9.59 Å². The minimum absolute atomic E-state index is 0.0215. The van der Waals surface area contributed by atoms with Gasteiger partial charge in [0.1, 0.15) is 5.78 Å². The first-order chi connectivity index (χ1) is 6.97. The van der Waals surface area contributed by atoms with Crippen LogP contribution in [0.5, 0.6) is 0 Å². The van der Waals surface area contributed by atoms with Gasteiger partial charge >= 0.3 is 0 Å². The zero-order valence-electron chi connectivity index (χ0n) is 10.0. The van der Waals surface area contributed by atoms with Crippen molar-refractivity contribution in [2.75, 3.05) is 5.75 Å². The summed E-state index contributed by atoms with van der Waals surface area (Å²) in [5.74, 6) is 1.00. The lowest BCUT2D eigenvalue weighted by molar-refractivity contribution is -0.121. The minimum Gasteiger partial charge on any atom is -0.353 e. The van der Waals surface area contributed by atoms with Crippen LogP contribution in [0.3, 0.4) is 0 Å². The zero-order valence-corrected chi connectivity index (χ0v) is 10.8. The lowest BCUT2D eigenvalue weighted by Crippen LogP contribution is -2.37. The van der Waals surface area contributed by atoms with Gasteiger partial charge in [0.25, 0.3) is 0 Å². The molecule has 0 aromatic heterocycles. The quantitative estimate of drug-likeness (QED) is 0.729. The molecule has 0 radical (unpaired) electrons. The summed E-state index contributed by atoms with van der Waals surface area (Å²) in [7, 11) is 0. The highest BCUT2D eigenvalue weighted by atomic mass is 32.2. The Labute approximate surface area is 96.4 Å². The molecule has 4 heteroatoms. The highest BCUT2D eigenvalue weighted by Crippen LogP contribution is 2.16. The summed E-state index contributed by atoms with van der Waals surface area (Å²) in [5, 5.41) is 2.87. The van der Waals surface area contributed by atoms with Crippen molar-refractivity contribution in [2.45, 2.75) is 51.8 Å². The average molecular weight is 231 g/mol. The average Bonchev–Trinajstić information content (AvgIpc) is 2.10. The Kier molecular flexibility index (Phi) is 7.48. The molecule has 0 rings (SSSR count). The smallest absolute Gasteiger partial charge is 0.233 e. The van der Waals surface area contributed by atoms with Gasteiger partial charge in [-0.15, -0.1) is 11.8 Å². The maximum Gasteiger partial charge on any atom is 0.233 e. The van der Waals surface area contributed by atoms with Crippen molar-refractivity contribution in [3.8, 4) is 0 Å². The number of carbonyl (C=O) groups excluding carboxylic acids is 2. The largest absolute Gasteiger partial charge is 0.353 e. The normalized spacial score (nSPS) is 12.6. The van der Waals surface area contributed by atoms with E-state index in [2.05, 4.69) is 5.32 Å². The number of carbonyl (C=O) groups is 2. The molecule has 0 aromatic carbocycles. The molecule has 0 bridgehead atoms. The molecule has 0 spiro atoms.